The topological polar surface area (TPSA) is 76.1 Å². The molecule has 23 heavy (non-hydrogen) atoms. The summed E-state index contributed by atoms with van der Waals surface area (Å²) < 4.78 is 10.8. The van der Waals surface area contributed by atoms with Crippen molar-refractivity contribution >= 4 is 24.5 Å². The van der Waals surface area contributed by atoms with Crippen molar-refractivity contribution in [2.45, 2.75) is 25.8 Å². The number of nitrogens with zero attached hydrogens (tertiary/aromatic N) is 1. The van der Waals surface area contributed by atoms with Gasteiger partial charge in [-0.15, -0.1) is 0 Å². The number of hydrogen-bond donors (Lipinski definition) is 2. The lowest BCUT2D eigenvalue weighted by Crippen LogP contribution is -2.41. The average Bonchev–Trinajstić information content (AvgIpc) is 3.14. The third-order valence-electron chi connectivity index (χ3n) is 4.34. The van der Waals surface area contributed by atoms with Crippen LogP contribution < -0.4 is 9.47 Å². The molecule has 0 spiro atoms. The number of carbonyl (C=O) groups is 2. The van der Waals surface area contributed by atoms with E-state index in [9.17, 15) is 14.7 Å². The van der Waals surface area contributed by atoms with Crippen molar-refractivity contribution < 1.29 is 24.2 Å². The third kappa shape index (κ3) is 2.97. The number of hydrogen-bond acceptors (Lipinski definition) is 5. The minimum absolute atomic E-state index is 0.182. The van der Waals surface area contributed by atoms with E-state index in [4.69, 9.17) is 9.47 Å². The first-order valence-electron chi connectivity index (χ1n) is 7.56. The third-order valence-corrected chi connectivity index (χ3v) is 4.89. The number of carbonyl (C=O) groups excluding carboxylic acids is 1. The Hall–Kier alpha value is -1.89. The molecule has 0 saturated heterocycles. The molecule has 1 aromatic carbocycles. The van der Waals surface area contributed by atoms with Gasteiger partial charge in [0.1, 0.15) is 6.54 Å². The maximum atomic E-state index is 12.6. The molecule has 0 aromatic heterocycles. The molecule has 1 aliphatic carbocycles. The normalized spacial score (nSPS) is 19.3. The van der Waals surface area contributed by atoms with Crippen LogP contribution in [-0.4, -0.2) is 41.0 Å². The van der Waals surface area contributed by atoms with E-state index in [1.165, 1.54) is 4.90 Å². The molecule has 1 aromatic rings. The second-order valence-electron chi connectivity index (χ2n) is 5.90. The van der Waals surface area contributed by atoms with Gasteiger partial charge in [-0.1, -0.05) is 6.92 Å². The highest BCUT2D eigenvalue weighted by Gasteiger charge is 2.35. The lowest BCUT2D eigenvalue weighted by Gasteiger charge is -2.30. The van der Waals surface area contributed by atoms with Crippen LogP contribution in [0, 0.1) is 5.92 Å². The van der Waals surface area contributed by atoms with Gasteiger partial charge in [0.05, 0.1) is 6.04 Å². The number of amides is 1. The van der Waals surface area contributed by atoms with Gasteiger partial charge in [-0.2, -0.15) is 12.6 Å². The van der Waals surface area contributed by atoms with Crippen molar-refractivity contribution in [1.82, 2.24) is 4.90 Å². The van der Waals surface area contributed by atoms with Crippen LogP contribution in [0.25, 0.3) is 0 Å². The van der Waals surface area contributed by atoms with E-state index in [2.05, 4.69) is 12.6 Å². The number of fused-ring (bicyclic) bond motifs is 2. The largest absolute Gasteiger partial charge is 0.480 e. The van der Waals surface area contributed by atoms with Crippen LogP contribution in [0.2, 0.25) is 0 Å². The van der Waals surface area contributed by atoms with Crippen molar-refractivity contribution in [3.05, 3.63) is 23.3 Å². The smallest absolute Gasteiger partial charge is 0.323 e. The first-order chi connectivity index (χ1) is 11.0. The second kappa shape index (κ2) is 6.31. The molecule has 7 heteroatoms. The highest BCUT2D eigenvalue weighted by Crippen LogP contribution is 2.43. The van der Waals surface area contributed by atoms with E-state index in [1.807, 2.05) is 12.1 Å². The predicted octanol–water partition coefficient (Wildman–Crippen LogP) is 1.88. The monoisotopic (exact) mass is 337 g/mol. The van der Waals surface area contributed by atoms with Crippen LogP contribution in [0.5, 0.6) is 11.5 Å². The SMILES string of the molecule is CC(CS)C(=O)N(CC(=O)O)C1CCc2cc3c(cc21)OCO3. The fourth-order valence-electron chi connectivity index (χ4n) is 3.15. The lowest BCUT2D eigenvalue weighted by molar-refractivity contribution is -0.147. The van der Waals surface area contributed by atoms with Crippen LogP contribution in [0.1, 0.15) is 30.5 Å². The Kier molecular flexibility index (Phi) is 4.39. The first-order valence-corrected chi connectivity index (χ1v) is 8.20. The second-order valence-corrected chi connectivity index (χ2v) is 6.27. The van der Waals surface area contributed by atoms with Crippen LogP contribution in [-0.2, 0) is 16.0 Å². The number of benzene rings is 1. The highest BCUT2D eigenvalue weighted by molar-refractivity contribution is 7.80. The maximum absolute atomic E-state index is 12.6. The van der Waals surface area contributed by atoms with E-state index in [-0.39, 0.29) is 31.2 Å². The molecule has 1 N–H and O–H groups in total. The molecule has 1 aliphatic heterocycles. The number of aryl methyl sites for hydroxylation is 1. The van der Waals surface area contributed by atoms with Crippen molar-refractivity contribution in [2.24, 2.45) is 5.92 Å². The Bertz CT molecular complexity index is 648. The number of ether oxygens (including phenoxy) is 2. The van der Waals surface area contributed by atoms with Crippen LogP contribution in [0.4, 0.5) is 0 Å². The molecule has 0 radical (unpaired) electrons. The van der Waals surface area contributed by atoms with Gasteiger partial charge in [-0.25, -0.2) is 0 Å². The summed E-state index contributed by atoms with van der Waals surface area (Å²) in [6.45, 7) is 1.65. The van der Waals surface area contributed by atoms with Gasteiger partial charge in [-0.3, -0.25) is 9.59 Å². The number of rotatable bonds is 5. The van der Waals surface area contributed by atoms with Gasteiger partial charge in [0.15, 0.2) is 11.5 Å². The summed E-state index contributed by atoms with van der Waals surface area (Å²) in [5, 5.41) is 9.19. The summed E-state index contributed by atoms with van der Waals surface area (Å²) >= 11 is 4.16. The molecule has 6 nitrogen and oxygen atoms in total. The Balaban J connectivity index is 1.93. The quantitative estimate of drug-likeness (QED) is 0.803. The molecule has 124 valence electrons. The first kappa shape index (κ1) is 16.0. The highest BCUT2D eigenvalue weighted by atomic mass is 32.1. The molecule has 2 unspecified atom stereocenters. The number of thiol groups is 1. The van der Waals surface area contributed by atoms with E-state index in [0.717, 1.165) is 17.5 Å². The van der Waals surface area contributed by atoms with Crippen molar-refractivity contribution in [3.63, 3.8) is 0 Å². The maximum Gasteiger partial charge on any atom is 0.323 e. The van der Waals surface area contributed by atoms with Gasteiger partial charge in [0, 0.05) is 11.7 Å². The molecular formula is C16H19NO5S. The van der Waals surface area contributed by atoms with Crippen molar-refractivity contribution in [2.75, 3.05) is 19.1 Å². The Labute approximate surface area is 139 Å². The molecule has 0 fully saturated rings. The van der Waals surface area contributed by atoms with Gasteiger partial charge in [0.25, 0.3) is 0 Å². The standard InChI is InChI=1S/C16H19NO5S/c1-9(7-23)16(20)17(6-15(18)19)12-3-2-10-4-13-14(5-11(10)12)22-8-21-13/h4-5,9,12,23H,2-3,6-8H2,1H3,(H,18,19). The molecule has 0 bridgehead atoms. The summed E-state index contributed by atoms with van der Waals surface area (Å²) in [5.41, 5.74) is 2.04. The summed E-state index contributed by atoms with van der Waals surface area (Å²) in [7, 11) is 0. The Morgan fingerprint density at radius 1 is 1.39 bits per heavy atom. The molecular weight excluding hydrogens is 318 g/mol. The molecule has 2 aliphatic rings. The van der Waals surface area contributed by atoms with Crippen LogP contribution in [0.3, 0.4) is 0 Å². The van der Waals surface area contributed by atoms with Crippen LogP contribution >= 0.6 is 12.6 Å². The zero-order chi connectivity index (χ0) is 16.6. The van der Waals surface area contributed by atoms with E-state index in [1.54, 1.807) is 6.92 Å². The zero-order valence-electron chi connectivity index (χ0n) is 12.8. The van der Waals surface area contributed by atoms with Gasteiger partial charge >= 0.3 is 5.97 Å². The lowest BCUT2D eigenvalue weighted by atomic mass is 10.0. The number of carboxylic acid groups (broad SMARTS) is 1. The predicted molar refractivity (Wildman–Crippen MR) is 86.0 cm³/mol. The van der Waals surface area contributed by atoms with Crippen molar-refractivity contribution in [3.8, 4) is 11.5 Å². The Morgan fingerprint density at radius 2 is 2.09 bits per heavy atom. The molecule has 3 rings (SSSR count). The van der Waals surface area contributed by atoms with Gasteiger partial charge in [-0.05, 0) is 36.1 Å². The average molecular weight is 337 g/mol. The summed E-state index contributed by atoms with van der Waals surface area (Å²) in [5.74, 6) is 0.229. The minimum Gasteiger partial charge on any atom is -0.480 e. The zero-order valence-corrected chi connectivity index (χ0v) is 13.7. The molecule has 2 atom stereocenters. The van der Waals surface area contributed by atoms with Crippen LogP contribution in [0.15, 0.2) is 12.1 Å². The fourth-order valence-corrected chi connectivity index (χ4v) is 3.30. The number of carboxylic acids is 1. The van der Waals surface area contributed by atoms with E-state index < -0.39 is 5.97 Å². The summed E-state index contributed by atoms with van der Waals surface area (Å²) in [6, 6.07) is 3.57. The summed E-state index contributed by atoms with van der Waals surface area (Å²) in [6.07, 6.45) is 1.49. The van der Waals surface area contributed by atoms with Gasteiger partial charge < -0.3 is 19.5 Å². The fraction of sp³-hybridized carbons (Fsp3) is 0.500. The minimum atomic E-state index is -1.01. The van der Waals surface area contributed by atoms with Gasteiger partial charge in [0.2, 0.25) is 12.7 Å². The number of aliphatic carboxylic acids is 1. The molecule has 1 amide bonds. The summed E-state index contributed by atoms with van der Waals surface area (Å²) in [4.78, 5) is 25.3. The Morgan fingerprint density at radius 3 is 2.74 bits per heavy atom. The van der Waals surface area contributed by atoms with E-state index >= 15 is 0 Å². The van der Waals surface area contributed by atoms with E-state index in [0.29, 0.717) is 23.7 Å². The van der Waals surface area contributed by atoms with Crippen molar-refractivity contribution in [1.29, 1.82) is 0 Å². The molecule has 0 saturated carbocycles. The molecule has 1 heterocycles.